The Labute approximate surface area is 393 Å². The van der Waals surface area contributed by atoms with Gasteiger partial charge in [0.25, 0.3) is 0 Å². The molecule has 4 aromatic carbocycles. The highest BCUT2D eigenvalue weighted by Gasteiger charge is 2.24. The molecule has 6 heterocycles. The van der Waals surface area contributed by atoms with Gasteiger partial charge in [-0.3, -0.25) is 4.79 Å². The number of carboxylic acid groups (broad SMARTS) is 1. The van der Waals surface area contributed by atoms with Gasteiger partial charge >= 0.3 is 5.97 Å². The number of nitrogens with zero attached hydrogens (tertiary/aromatic N) is 9. The molecule has 0 bridgehead atoms. The first-order chi connectivity index (χ1) is 32.3. The lowest BCUT2D eigenvalue weighted by molar-refractivity contribution is -0.131. The molecule has 18 heteroatoms. The fourth-order valence-electron chi connectivity index (χ4n) is 8.33. The lowest BCUT2D eigenvalue weighted by atomic mass is 10.0. The fourth-order valence-corrected chi connectivity index (χ4v) is 8.84. The minimum Gasteiger partial charge on any atom is -0.478 e. The van der Waals surface area contributed by atoms with Crippen molar-refractivity contribution in [2.45, 2.75) is 19.3 Å². The van der Waals surface area contributed by atoms with E-state index in [9.17, 15) is 18.4 Å². The number of fused-ring (bicyclic) bond motifs is 4. The number of hydrogen-bond donors (Lipinski definition) is 3. The van der Waals surface area contributed by atoms with Gasteiger partial charge in [-0.2, -0.15) is 0 Å². The minimum atomic E-state index is -0.981. The first kappa shape index (κ1) is 46.0. The van der Waals surface area contributed by atoms with E-state index in [2.05, 4.69) is 52.9 Å². The van der Waals surface area contributed by atoms with E-state index < -0.39 is 11.8 Å². The Bertz CT molecular complexity index is 3240. The van der Waals surface area contributed by atoms with Crippen molar-refractivity contribution in [3.8, 4) is 22.5 Å². The molecule has 0 atom stereocenters. The third-order valence-electron chi connectivity index (χ3n) is 11.5. The van der Waals surface area contributed by atoms with Crippen molar-refractivity contribution in [1.82, 2.24) is 34.8 Å². The van der Waals surface area contributed by atoms with Gasteiger partial charge in [-0.25, -0.2) is 43.5 Å². The van der Waals surface area contributed by atoms with Crippen LogP contribution in [0.2, 0.25) is 10.0 Å². The summed E-state index contributed by atoms with van der Waals surface area (Å²) in [4.78, 5) is 53.9. The molecule has 8 aromatic rings. The van der Waals surface area contributed by atoms with Crippen LogP contribution < -0.4 is 21.3 Å². The molecular formula is C49H43Cl2F2N11O3. The number of nitrogens with two attached hydrogens (primary N) is 2. The highest BCUT2D eigenvalue weighted by Crippen LogP contribution is 2.40. The SMILES string of the molecule is C=CC(=O)N1CCN(c2ncnc3cc(-c4nc(N)cc5cccc(F)c45)c(Cl)cc23)CC1.C=CC(=O)O.Nc1cc2cccc(F)c2c(-c2cc3ncnc(N4CCCCC4)c3cc2Cl)n1. The summed E-state index contributed by atoms with van der Waals surface area (Å²) in [6.45, 7) is 10.8. The van der Waals surface area contributed by atoms with Crippen molar-refractivity contribution in [3.05, 3.63) is 132 Å². The summed E-state index contributed by atoms with van der Waals surface area (Å²) >= 11 is 13.4. The predicted molar refractivity (Wildman–Crippen MR) is 262 cm³/mol. The number of amides is 1. The van der Waals surface area contributed by atoms with Crippen molar-refractivity contribution in [2.24, 2.45) is 0 Å². The van der Waals surface area contributed by atoms with E-state index in [0.29, 0.717) is 91.6 Å². The highest BCUT2D eigenvalue weighted by molar-refractivity contribution is 6.35. The molecule has 4 aromatic heterocycles. The quantitative estimate of drug-likeness (QED) is 0.134. The number of carbonyl (C=O) groups excluding carboxylic acids is 1. The molecule has 0 radical (unpaired) electrons. The second kappa shape index (κ2) is 19.9. The Kier molecular flexibility index (Phi) is 13.7. The van der Waals surface area contributed by atoms with Crippen molar-refractivity contribution in [1.29, 1.82) is 0 Å². The first-order valence-corrected chi connectivity index (χ1v) is 22.0. The first-order valence-electron chi connectivity index (χ1n) is 21.2. The number of anilines is 4. The van der Waals surface area contributed by atoms with Crippen LogP contribution >= 0.6 is 23.2 Å². The van der Waals surface area contributed by atoms with Gasteiger partial charge in [0, 0.05) is 78.0 Å². The van der Waals surface area contributed by atoms with E-state index >= 15 is 0 Å². The number of pyridine rings is 2. The zero-order valence-electron chi connectivity index (χ0n) is 36.0. The second-order valence-corrected chi connectivity index (χ2v) is 16.5. The standard InChI is InChI=1S/C24H20ClFN6O.C22H19ClFN5.C3H4O2/c1-2-21(33)31-6-8-32(9-7-31)24-16-11-17(25)15(12-19(16)28-13-29-24)23-22-14(10-20(27)30-23)4-3-5-18(22)26;23-16-10-15-18(26-12-27-22(15)29-7-2-1-3-8-29)11-14(16)21-20-13(9-19(25)28-21)5-4-6-17(20)24;1-2-3(4)5/h2-5,10-13H,1,6-9H2,(H2,27,30);4-6,9-12H,1-3,7-8H2,(H2,25,28);2H,1H2,(H,4,5). The summed E-state index contributed by atoms with van der Waals surface area (Å²) in [5, 5.41) is 12.2. The van der Waals surface area contributed by atoms with E-state index in [-0.39, 0.29) is 17.5 Å². The molecule has 14 nitrogen and oxygen atoms in total. The molecule has 0 unspecified atom stereocenters. The number of carboxylic acids is 1. The fraction of sp³-hybridized carbons (Fsp3) is 0.184. The van der Waals surface area contributed by atoms with Crippen LogP contribution in [0.4, 0.5) is 32.1 Å². The van der Waals surface area contributed by atoms with Crippen LogP contribution in [0.15, 0.2) is 111 Å². The Morgan fingerprint density at radius 3 is 1.51 bits per heavy atom. The number of piperazine rings is 1. The molecule has 0 aliphatic carbocycles. The molecule has 1 amide bonds. The Morgan fingerprint density at radius 1 is 0.627 bits per heavy atom. The lowest BCUT2D eigenvalue weighted by Crippen LogP contribution is -2.48. The molecule has 2 fully saturated rings. The van der Waals surface area contributed by atoms with Crippen LogP contribution in [0.1, 0.15) is 19.3 Å². The van der Waals surface area contributed by atoms with Crippen LogP contribution in [0, 0.1) is 11.6 Å². The predicted octanol–water partition coefficient (Wildman–Crippen LogP) is 9.52. The molecule has 0 saturated carbocycles. The molecule has 10 rings (SSSR count). The number of aromatic nitrogens is 6. The molecule has 0 spiro atoms. The van der Waals surface area contributed by atoms with Crippen LogP contribution in [-0.4, -0.2) is 91.1 Å². The van der Waals surface area contributed by atoms with Crippen LogP contribution in [0.5, 0.6) is 0 Å². The number of benzene rings is 4. The van der Waals surface area contributed by atoms with Gasteiger partial charge < -0.3 is 31.3 Å². The number of halogens is 4. The highest BCUT2D eigenvalue weighted by atomic mass is 35.5. The van der Waals surface area contributed by atoms with Gasteiger partial charge in [-0.1, -0.05) is 60.6 Å². The largest absolute Gasteiger partial charge is 0.478 e. The number of carbonyl (C=O) groups is 2. The molecule has 340 valence electrons. The topological polar surface area (TPSA) is 193 Å². The zero-order chi connectivity index (χ0) is 47.4. The summed E-state index contributed by atoms with van der Waals surface area (Å²) in [6, 6.07) is 20.2. The van der Waals surface area contributed by atoms with Crippen LogP contribution in [0.25, 0.3) is 65.9 Å². The third kappa shape index (κ3) is 9.71. The zero-order valence-corrected chi connectivity index (χ0v) is 37.5. The maximum absolute atomic E-state index is 14.7. The Morgan fingerprint density at radius 2 is 1.07 bits per heavy atom. The van der Waals surface area contributed by atoms with Crippen molar-refractivity contribution >= 4 is 102 Å². The van der Waals surface area contributed by atoms with Gasteiger partial charge in [0.05, 0.1) is 32.5 Å². The summed E-state index contributed by atoms with van der Waals surface area (Å²) in [7, 11) is 0. The van der Waals surface area contributed by atoms with Crippen LogP contribution in [-0.2, 0) is 9.59 Å². The Hall–Kier alpha value is -7.56. The average molecular weight is 943 g/mol. The van der Waals surface area contributed by atoms with Crippen molar-refractivity contribution in [2.75, 3.05) is 60.5 Å². The number of aliphatic carboxylic acids is 1. The van der Waals surface area contributed by atoms with Crippen molar-refractivity contribution < 1.29 is 23.5 Å². The molecular weight excluding hydrogens is 900 g/mol. The van der Waals surface area contributed by atoms with E-state index in [1.807, 2.05) is 18.2 Å². The number of rotatable bonds is 6. The van der Waals surface area contributed by atoms with Gasteiger partial charge in [0.15, 0.2) is 0 Å². The molecule has 2 saturated heterocycles. The maximum atomic E-state index is 14.7. The monoisotopic (exact) mass is 941 g/mol. The normalized spacial score (nSPS) is 13.8. The second-order valence-electron chi connectivity index (χ2n) is 15.7. The molecule has 2 aliphatic heterocycles. The number of nitrogen functional groups attached to an aromatic ring is 2. The van der Waals surface area contributed by atoms with E-state index in [0.717, 1.165) is 59.9 Å². The molecule has 2 aliphatic rings. The smallest absolute Gasteiger partial charge is 0.327 e. The summed E-state index contributed by atoms with van der Waals surface area (Å²) in [5.41, 5.74) is 15.3. The summed E-state index contributed by atoms with van der Waals surface area (Å²) < 4.78 is 29.4. The van der Waals surface area contributed by atoms with E-state index in [1.165, 1.54) is 31.0 Å². The summed E-state index contributed by atoms with van der Waals surface area (Å²) in [6.07, 6.45) is 8.75. The van der Waals surface area contributed by atoms with Crippen molar-refractivity contribution in [3.63, 3.8) is 0 Å². The molecule has 5 N–H and O–H groups in total. The molecule has 67 heavy (non-hydrogen) atoms. The summed E-state index contributed by atoms with van der Waals surface area (Å²) in [5.74, 6) is 0.379. The maximum Gasteiger partial charge on any atom is 0.327 e. The van der Waals surface area contributed by atoms with E-state index in [4.69, 9.17) is 39.8 Å². The third-order valence-corrected chi connectivity index (χ3v) is 12.1. The van der Waals surface area contributed by atoms with Gasteiger partial charge in [-0.05, 0) is 84.6 Å². The minimum absolute atomic E-state index is 0.0797. The van der Waals surface area contributed by atoms with Gasteiger partial charge in [0.1, 0.15) is 47.6 Å². The van der Waals surface area contributed by atoms with Crippen LogP contribution in [0.3, 0.4) is 0 Å². The number of piperidine rings is 1. The lowest BCUT2D eigenvalue weighted by Gasteiger charge is -2.35. The average Bonchev–Trinajstić information content (AvgIpc) is 3.33. The van der Waals surface area contributed by atoms with Gasteiger partial charge in [0.2, 0.25) is 5.91 Å². The Balaban J connectivity index is 0.000000166. The number of hydrogen-bond acceptors (Lipinski definition) is 12. The van der Waals surface area contributed by atoms with E-state index in [1.54, 1.807) is 53.7 Å². The van der Waals surface area contributed by atoms with Gasteiger partial charge in [-0.15, -0.1) is 0 Å².